The van der Waals surface area contributed by atoms with Crippen molar-refractivity contribution in [3.8, 4) is 0 Å². The fourth-order valence-electron chi connectivity index (χ4n) is 1.88. The Bertz CT molecular complexity index is 178. The molecule has 0 aliphatic carbocycles. The zero-order chi connectivity index (χ0) is 12.4. The van der Waals surface area contributed by atoms with Gasteiger partial charge in [0, 0.05) is 6.42 Å². The Hall–Kier alpha value is -0.530. The monoisotopic (exact) mass is 228 g/mol. The van der Waals surface area contributed by atoms with Gasteiger partial charge in [-0.05, 0) is 18.3 Å². The van der Waals surface area contributed by atoms with Gasteiger partial charge in [0.15, 0.2) is 0 Å². The number of unbranched alkanes of at least 4 members (excludes halogenated alkanes) is 2. The van der Waals surface area contributed by atoms with Crippen LogP contribution in [0.4, 0.5) is 0 Å². The summed E-state index contributed by atoms with van der Waals surface area (Å²) in [6.07, 6.45) is 8.89. The summed E-state index contributed by atoms with van der Waals surface area (Å²) < 4.78 is 0. The molecule has 1 N–H and O–H groups in total. The third-order valence-corrected chi connectivity index (χ3v) is 3.44. The summed E-state index contributed by atoms with van der Waals surface area (Å²) in [5, 5.41) is 8.56. The molecule has 2 nitrogen and oxygen atoms in total. The molecular weight excluding hydrogens is 200 g/mol. The number of aliphatic carboxylic acids is 1. The molecule has 0 aromatic heterocycles. The second-order valence-corrected chi connectivity index (χ2v) is 5.19. The predicted molar refractivity (Wildman–Crippen MR) is 68.6 cm³/mol. The highest BCUT2D eigenvalue weighted by Gasteiger charge is 2.05. The molecule has 2 unspecified atom stereocenters. The van der Waals surface area contributed by atoms with Crippen molar-refractivity contribution in [3.63, 3.8) is 0 Å². The topological polar surface area (TPSA) is 37.3 Å². The smallest absolute Gasteiger partial charge is 0.303 e. The number of hydrogen-bond donors (Lipinski definition) is 1. The fraction of sp³-hybridized carbons (Fsp3) is 0.929. The van der Waals surface area contributed by atoms with Crippen LogP contribution in [0.2, 0.25) is 0 Å². The summed E-state index contributed by atoms with van der Waals surface area (Å²) >= 11 is 0. The van der Waals surface area contributed by atoms with Crippen molar-refractivity contribution in [2.24, 2.45) is 11.8 Å². The molecule has 0 heterocycles. The maximum Gasteiger partial charge on any atom is 0.303 e. The van der Waals surface area contributed by atoms with Gasteiger partial charge in [0.1, 0.15) is 0 Å². The lowest BCUT2D eigenvalue weighted by atomic mass is 9.96. The average molecular weight is 228 g/mol. The summed E-state index contributed by atoms with van der Waals surface area (Å²) in [4.78, 5) is 10.4. The Balaban J connectivity index is 3.27. The van der Waals surface area contributed by atoms with Gasteiger partial charge in [-0.25, -0.2) is 0 Å². The van der Waals surface area contributed by atoms with Gasteiger partial charge in [-0.1, -0.05) is 59.3 Å². The van der Waals surface area contributed by atoms with E-state index in [9.17, 15) is 4.79 Å². The predicted octanol–water partition coefficient (Wildman–Crippen LogP) is 4.48. The highest BCUT2D eigenvalue weighted by Crippen LogP contribution is 2.17. The Labute approximate surface area is 100 Å². The summed E-state index contributed by atoms with van der Waals surface area (Å²) in [5.41, 5.74) is 0. The molecule has 0 aliphatic heterocycles. The first-order valence-corrected chi connectivity index (χ1v) is 6.78. The van der Waals surface area contributed by atoms with E-state index in [1.807, 2.05) is 0 Å². The number of carboxylic acid groups (broad SMARTS) is 1. The number of carbonyl (C=O) groups is 1. The van der Waals surface area contributed by atoms with Crippen LogP contribution in [0.1, 0.15) is 72.1 Å². The molecule has 0 saturated carbocycles. The van der Waals surface area contributed by atoms with Crippen LogP contribution in [-0.4, -0.2) is 11.1 Å². The van der Waals surface area contributed by atoms with E-state index in [4.69, 9.17) is 5.11 Å². The quantitative estimate of drug-likeness (QED) is 0.560. The number of carboxylic acids is 1. The van der Waals surface area contributed by atoms with Gasteiger partial charge in [0.25, 0.3) is 0 Å². The maximum atomic E-state index is 10.4. The summed E-state index contributed by atoms with van der Waals surface area (Å²) in [7, 11) is 0. The van der Waals surface area contributed by atoms with E-state index in [1.165, 1.54) is 38.5 Å². The molecule has 0 fully saturated rings. The minimum absolute atomic E-state index is 0.327. The Morgan fingerprint density at radius 2 is 1.56 bits per heavy atom. The van der Waals surface area contributed by atoms with Gasteiger partial charge in [-0.15, -0.1) is 0 Å². The summed E-state index contributed by atoms with van der Waals surface area (Å²) in [6.45, 7) is 6.73. The number of rotatable bonds is 10. The first-order chi connectivity index (χ1) is 7.56. The summed E-state index contributed by atoms with van der Waals surface area (Å²) in [6, 6.07) is 0. The zero-order valence-electron chi connectivity index (χ0n) is 11.2. The number of hydrogen-bond acceptors (Lipinski definition) is 1. The fourth-order valence-corrected chi connectivity index (χ4v) is 1.88. The van der Waals surface area contributed by atoms with Crippen LogP contribution in [0.15, 0.2) is 0 Å². The third-order valence-electron chi connectivity index (χ3n) is 3.44. The Morgan fingerprint density at radius 3 is 2.06 bits per heavy atom. The van der Waals surface area contributed by atoms with Crippen LogP contribution in [0.25, 0.3) is 0 Å². The molecule has 2 heteroatoms. The second kappa shape index (κ2) is 9.68. The molecule has 0 aliphatic rings. The van der Waals surface area contributed by atoms with Crippen molar-refractivity contribution >= 4 is 5.97 Å². The molecule has 0 spiro atoms. The van der Waals surface area contributed by atoms with Crippen LogP contribution in [-0.2, 0) is 4.79 Å². The highest BCUT2D eigenvalue weighted by molar-refractivity contribution is 5.66. The average Bonchev–Trinajstić information content (AvgIpc) is 2.25. The molecule has 0 saturated heterocycles. The van der Waals surface area contributed by atoms with Crippen LogP contribution in [0.3, 0.4) is 0 Å². The van der Waals surface area contributed by atoms with Gasteiger partial charge in [0.05, 0.1) is 0 Å². The lowest BCUT2D eigenvalue weighted by molar-refractivity contribution is -0.137. The van der Waals surface area contributed by atoms with Gasteiger partial charge in [0.2, 0.25) is 0 Å². The van der Waals surface area contributed by atoms with Gasteiger partial charge in [-0.3, -0.25) is 4.79 Å². The largest absolute Gasteiger partial charge is 0.481 e. The maximum absolute atomic E-state index is 10.4. The normalized spacial score (nSPS) is 14.7. The van der Waals surface area contributed by atoms with Gasteiger partial charge < -0.3 is 5.11 Å². The first-order valence-electron chi connectivity index (χ1n) is 6.78. The van der Waals surface area contributed by atoms with Crippen molar-refractivity contribution in [3.05, 3.63) is 0 Å². The molecule has 0 aromatic carbocycles. The van der Waals surface area contributed by atoms with Crippen molar-refractivity contribution in [2.45, 2.75) is 72.1 Å². The van der Waals surface area contributed by atoms with E-state index in [2.05, 4.69) is 20.8 Å². The van der Waals surface area contributed by atoms with E-state index in [-0.39, 0.29) is 0 Å². The minimum atomic E-state index is -0.663. The molecule has 0 rings (SSSR count). The SMILES string of the molecule is CCC(C)CCCCCC(C)CCC(=O)O. The van der Waals surface area contributed by atoms with Gasteiger partial charge in [-0.2, -0.15) is 0 Å². The van der Waals surface area contributed by atoms with Crippen LogP contribution >= 0.6 is 0 Å². The van der Waals surface area contributed by atoms with Gasteiger partial charge >= 0.3 is 5.97 Å². The van der Waals surface area contributed by atoms with Crippen molar-refractivity contribution < 1.29 is 9.90 Å². The van der Waals surface area contributed by atoms with Crippen LogP contribution < -0.4 is 0 Å². The molecule has 0 radical (unpaired) electrons. The van der Waals surface area contributed by atoms with E-state index < -0.39 is 5.97 Å². The van der Waals surface area contributed by atoms with Crippen molar-refractivity contribution in [2.75, 3.05) is 0 Å². The molecule has 2 atom stereocenters. The lowest BCUT2D eigenvalue weighted by Crippen LogP contribution is -2.01. The highest BCUT2D eigenvalue weighted by atomic mass is 16.4. The Morgan fingerprint density at radius 1 is 1.00 bits per heavy atom. The van der Waals surface area contributed by atoms with Crippen molar-refractivity contribution in [1.29, 1.82) is 0 Å². The third kappa shape index (κ3) is 10.0. The Kier molecular flexibility index (Phi) is 9.36. The molecule has 16 heavy (non-hydrogen) atoms. The van der Waals surface area contributed by atoms with E-state index in [0.717, 1.165) is 12.3 Å². The zero-order valence-corrected chi connectivity index (χ0v) is 11.2. The van der Waals surface area contributed by atoms with E-state index in [0.29, 0.717) is 12.3 Å². The lowest BCUT2D eigenvalue weighted by Gasteiger charge is -2.10. The van der Waals surface area contributed by atoms with Crippen LogP contribution in [0, 0.1) is 11.8 Å². The standard InChI is InChI=1S/C14H28O2/c1-4-12(2)8-6-5-7-9-13(3)10-11-14(15)16/h12-13H,4-11H2,1-3H3,(H,15,16). The molecular formula is C14H28O2. The van der Waals surface area contributed by atoms with E-state index >= 15 is 0 Å². The summed E-state index contributed by atoms with van der Waals surface area (Å²) in [5.74, 6) is 0.771. The molecule has 0 amide bonds. The second-order valence-electron chi connectivity index (χ2n) is 5.19. The van der Waals surface area contributed by atoms with Crippen LogP contribution in [0.5, 0.6) is 0 Å². The molecule has 0 aromatic rings. The molecule has 0 bridgehead atoms. The molecule has 96 valence electrons. The first kappa shape index (κ1) is 15.5. The van der Waals surface area contributed by atoms with E-state index in [1.54, 1.807) is 0 Å². The van der Waals surface area contributed by atoms with Crippen molar-refractivity contribution in [1.82, 2.24) is 0 Å². The minimum Gasteiger partial charge on any atom is -0.481 e.